The van der Waals surface area contributed by atoms with E-state index in [1.165, 1.54) is 24.0 Å². The van der Waals surface area contributed by atoms with Gasteiger partial charge in [0.05, 0.1) is 0 Å². The predicted octanol–water partition coefficient (Wildman–Crippen LogP) is 5.25. The summed E-state index contributed by atoms with van der Waals surface area (Å²) in [5.74, 6) is 0. The van der Waals surface area contributed by atoms with Gasteiger partial charge in [-0.1, -0.05) is 65.8 Å². The molecule has 0 bridgehead atoms. The third kappa shape index (κ3) is 6.51. The van der Waals surface area contributed by atoms with Crippen LogP contribution in [0, 0.1) is 10.8 Å². The first-order valence-electron chi connectivity index (χ1n) is 6.74. The standard InChI is InChI=1S/C17H28/c1-16(2,3)12-11-14-7-9-15(10-8-14)13-17(4,5)6/h7-10H,11-13H2,1-6H3. The van der Waals surface area contributed by atoms with Crippen LogP contribution < -0.4 is 0 Å². The van der Waals surface area contributed by atoms with Crippen molar-refractivity contribution in [2.45, 2.75) is 60.8 Å². The SMILES string of the molecule is CC(C)(C)CCc1ccc(CC(C)(C)C)cc1. The Balaban J connectivity index is 2.56. The quantitative estimate of drug-likeness (QED) is 0.667. The van der Waals surface area contributed by atoms with Gasteiger partial charge in [0, 0.05) is 0 Å². The number of benzene rings is 1. The second kappa shape index (κ2) is 5.25. The van der Waals surface area contributed by atoms with Crippen molar-refractivity contribution in [3.05, 3.63) is 35.4 Å². The van der Waals surface area contributed by atoms with Crippen molar-refractivity contribution in [3.8, 4) is 0 Å². The van der Waals surface area contributed by atoms with Crippen molar-refractivity contribution in [1.29, 1.82) is 0 Å². The van der Waals surface area contributed by atoms with Crippen LogP contribution in [0.5, 0.6) is 0 Å². The summed E-state index contributed by atoms with van der Waals surface area (Å²) < 4.78 is 0. The summed E-state index contributed by atoms with van der Waals surface area (Å²) in [5.41, 5.74) is 3.74. The molecule has 1 rings (SSSR count). The minimum atomic E-state index is 0.382. The number of hydrogen-bond donors (Lipinski definition) is 0. The smallest absolute Gasteiger partial charge is 0.0230 e. The van der Waals surface area contributed by atoms with Crippen LogP contribution in [-0.4, -0.2) is 0 Å². The first-order valence-corrected chi connectivity index (χ1v) is 6.74. The second-order valence-corrected chi connectivity index (χ2v) is 7.61. The van der Waals surface area contributed by atoms with Crippen LogP contribution in [0.4, 0.5) is 0 Å². The Bertz CT molecular complexity index is 330. The Morgan fingerprint density at radius 1 is 0.706 bits per heavy atom. The lowest BCUT2D eigenvalue weighted by atomic mass is 9.86. The fourth-order valence-electron chi connectivity index (χ4n) is 1.96. The molecular weight excluding hydrogens is 204 g/mol. The maximum atomic E-state index is 2.31. The zero-order valence-corrected chi connectivity index (χ0v) is 12.4. The van der Waals surface area contributed by atoms with Gasteiger partial charge in [0.2, 0.25) is 0 Å². The molecule has 0 saturated carbocycles. The van der Waals surface area contributed by atoms with Gasteiger partial charge in [-0.25, -0.2) is 0 Å². The van der Waals surface area contributed by atoms with Crippen molar-refractivity contribution in [3.63, 3.8) is 0 Å². The number of rotatable bonds is 3. The molecule has 0 unspecified atom stereocenters. The molecule has 0 saturated heterocycles. The van der Waals surface area contributed by atoms with E-state index in [0.717, 1.165) is 6.42 Å². The van der Waals surface area contributed by atoms with Gasteiger partial charge >= 0.3 is 0 Å². The summed E-state index contributed by atoms with van der Waals surface area (Å²) in [6, 6.07) is 9.19. The molecule has 0 radical (unpaired) electrons. The first kappa shape index (κ1) is 14.3. The Hall–Kier alpha value is -0.780. The van der Waals surface area contributed by atoms with E-state index in [2.05, 4.69) is 65.8 Å². The van der Waals surface area contributed by atoms with E-state index in [9.17, 15) is 0 Å². The summed E-state index contributed by atoms with van der Waals surface area (Å²) in [6.45, 7) is 13.8. The maximum absolute atomic E-state index is 2.31. The van der Waals surface area contributed by atoms with Crippen molar-refractivity contribution in [2.24, 2.45) is 10.8 Å². The van der Waals surface area contributed by atoms with Gasteiger partial charge in [0.15, 0.2) is 0 Å². The van der Waals surface area contributed by atoms with E-state index >= 15 is 0 Å². The average molecular weight is 232 g/mol. The summed E-state index contributed by atoms with van der Waals surface area (Å²) >= 11 is 0. The fourth-order valence-corrected chi connectivity index (χ4v) is 1.96. The topological polar surface area (TPSA) is 0 Å². The number of aryl methyl sites for hydroxylation is 1. The molecule has 0 nitrogen and oxygen atoms in total. The highest BCUT2D eigenvalue weighted by molar-refractivity contribution is 5.23. The summed E-state index contributed by atoms with van der Waals surface area (Å²) in [7, 11) is 0. The van der Waals surface area contributed by atoms with Gasteiger partial charge in [-0.3, -0.25) is 0 Å². The Kier molecular flexibility index (Phi) is 4.41. The van der Waals surface area contributed by atoms with E-state index < -0.39 is 0 Å². The predicted molar refractivity (Wildman–Crippen MR) is 77.4 cm³/mol. The minimum Gasteiger partial charge on any atom is -0.0602 e. The summed E-state index contributed by atoms with van der Waals surface area (Å²) in [4.78, 5) is 0. The molecule has 0 N–H and O–H groups in total. The van der Waals surface area contributed by atoms with Crippen LogP contribution in [-0.2, 0) is 12.8 Å². The highest BCUT2D eigenvalue weighted by Gasteiger charge is 2.12. The second-order valence-electron chi connectivity index (χ2n) is 7.61. The Labute approximate surface area is 107 Å². The largest absolute Gasteiger partial charge is 0.0602 e. The highest BCUT2D eigenvalue weighted by Crippen LogP contribution is 2.23. The molecule has 0 fully saturated rings. The molecule has 17 heavy (non-hydrogen) atoms. The third-order valence-electron chi connectivity index (χ3n) is 2.92. The van der Waals surface area contributed by atoms with E-state index in [1.807, 2.05) is 0 Å². The first-order chi connectivity index (χ1) is 7.66. The Morgan fingerprint density at radius 3 is 1.59 bits per heavy atom. The van der Waals surface area contributed by atoms with Crippen LogP contribution in [0.3, 0.4) is 0 Å². The molecule has 1 aromatic carbocycles. The van der Waals surface area contributed by atoms with Crippen molar-refractivity contribution in [1.82, 2.24) is 0 Å². The van der Waals surface area contributed by atoms with Gasteiger partial charge in [0.25, 0.3) is 0 Å². The van der Waals surface area contributed by atoms with Gasteiger partial charge in [-0.05, 0) is 41.2 Å². The normalized spacial score (nSPS) is 12.8. The van der Waals surface area contributed by atoms with Crippen LogP contribution in [0.2, 0.25) is 0 Å². The molecule has 96 valence electrons. The van der Waals surface area contributed by atoms with Crippen LogP contribution in [0.1, 0.15) is 59.1 Å². The molecule has 0 aliphatic heterocycles. The highest BCUT2D eigenvalue weighted by atomic mass is 14.2. The van der Waals surface area contributed by atoms with Crippen molar-refractivity contribution < 1.29 is 0 Å². The molecule has 0 aliphatic carbocycles. The molecule has 0 heterocycles. The van der Waals surface area contributed by atoms with E-state index in [-0.39, 0.29) is 0 Å². The monoisotopic (exact) mass is 232 g/mol. The maximum Gasteiger partial charge on any atom is -0.0230 e. The molecule has 0 heteroatoms. The lowest BCUT2D eigenvalue weighted by molar-refractivity contribution is 0.378. The average Bonchev–Trinajstić information content (AvgIpc) is 2.13. The lowest BCUT2D eigenvalue weighted by Gasteiger charge is -2.19. The number of hydrogen-bond acceptors (Lipinski definition) is 0. The zero-order valence-electron chi connectivity index (χ0n) is 12.4. The summed E-state index contributed by atoms with van der Waals surface area (Å²) in [5, 5.41) is 0. The molecule has 0 spiro atoms. The van der Waals surface area contributed by atoms with Gasteiger partial charge < -0.3 is 0 Å². The summed E-state index contributed by atoms with van der Waals surface area (Å²) in [6.07, 6.45) is 3.61. The third-order valence-corrected chi connectivity index (χ3v) is 2.92. The van der Waals surface area contributed by atoms with Crippen LogP contribution in [0.15, 0.2) is 24.3 Å². The van der Waals surface area contributed by atoms with Crippen molar-refractivity contribution >= 4 is 0 Å². The fraction of sp³-hybridized carbons (Fsp3) is 0.647. The van der Waals surface area contributed by atoms with Gasteiger partial charge in [0.1, 0.15) is 0 Å². The molecule has 0 aromatic heterocycles. The lowest BCUT2D eigenvalue weighted by Crippen LogP contribution is -2.09. The van der Waals surface area contributed by atoms with E-state index in [0.29, 0.717) is 10.8 Å². The minimum absolute atomic E-state index is 0.382. The molecule has 0 atom stereocenters. The molecule has 0 aliphatic rings. The van der Waals surface area contributed by atoms with Gasteiger partial charge in [-0.2, -0.15) is 0 Å². The Morgan fingerprint density at radius 2 is 1.18 bits per heavy atom. The van der Waals surface area contributed by atoms with Crippen molar-refractivity contribution in [2.75, 3.05) is 0 Å². The molecule has 1 aromatic rings. The van der Waals surface area contributed by atoms with Crippen LogP contribution in [0.25, 0.3) is 0 Å². The zero-order chi connectivity index (χ0) is 13.1. The molecular formula is C17H28. The van der Waals surface area contributed by atoms with Crippen LogP contribution >= 0.6 is 0 Å². The van der Waals surface area contributed by atoms with E-state index in [4.69, 9.17) is 0 Å². The van der Waals surface area contributed by atoms with Gasteiger partial charge in [-0.15, -0.1) is 0 Å². The van der Waals surface area contributed by atoms with E-state index in [1.54, 1.807) is 0 Å². The molecule has 0 amide bonds.